The van der Waals surface area contributed by atoms with E-state index in [-0.39, 0.29) is 6.10 Å². The zero-order valence-corrected chi connectivity index (χ0v) is 9.20. The van der Waals surface area contributed by atoms with Crippen LogP contribution in [0.4, 0.5) is 0 Å². The molecule has 0 radical (unpaired) electrons. The van der Waals surface area contributed by atoms with Crippen molar-refractivity contribution in [1.29, 1.82) is 0 Å². The lowest BCUT2D eigenvalue weighted by molar-refractivity contribution is -0.00761. The first-order valence-electron chi connectivity index (χ1n) is 5.29. The Balaban J connectivity index is 3.09. The van der Waals surface area contributed by atoms with Gasteiger partial charge in [-0.2, -0.15) is 4.91 Å². The van der Waals surface area contributed by atoms with Crippen molar-refractivity contribution in [3.8, 4) is 0 Å². The lowest BCUT2D eigenvalue weighted by atomic mass is 10.3. The van der Waals surface area contributed by atoms with Gasteiger partial charge in [-0.05, 0) is 19.8 Å². The van der Waals surface area contributed by atoms with Crippen molar-refractivity contribution in [3.63, 3.8) is 0 Å². The zero-order chi connectivity index (χ0) is 10.6. The number of rotatable bonds is 10. The molecule has 0 amide bonds. The van der Waals surface area contributed by atoms with Crippen molar-refractivity contribution in [1.82, 2.24) is 0 Å². The maximum atomic E-state index is 9.75. The molecule has 0 bridgehead atoms. The van der Waals surface area contributed by atoms with Gasteiger partial charge < -0.3 is 9.47 Å². The van der Waals surface area contributed by atoms with Gasteiger partial charge in [0.15, 0.2) is 0 Å². The molecule has 0 spiro atoms. The standard InChI is InChI=1S/C10H21NO3/c1-3-4-8-14-10(2)9-13-7-5-6-11-12/h10H,3-9H2,1-2H3. The molecule has 0 aromatic rings. The van der Waals surface area contributed by atoms with Crippen LogP contribution >= 0.6 is 0 Å². The third-order valence-electron chi connectivity index (χ3n) is 1.79. The quantitative estimate of drug-likeness (QED) is 0.404. The van der Waals surface area contributed by atoms with E-state index in [9.17, 15) is 4.91 Å². The van der Waals surface area contributed by atoms with Crippen LogP contribution in [0.1, 0.15) is 33.1 Å². The minimum Gasteiger partial charge on any atom is -0.379 e. The summed E-state index contributed by atoms with van der Waals surface area (Å²) >= 11 is 0. The highest BCUT2D eigenvalue weighted by atomic mass is 16.5. The summed E-state index contributed by atoms with van der Waals surface area (Å²) in [6.45, 7) is 6.46. The minimum absolute atomic E-state index is 0.144. The second-order valence-electron chi connectivity index (χ2n) is 3.32. The van der Waals surface area contributed by atoms with Crippen molar-refractivity contribution in [2.45, 2.75) is 39.2 Å². The predicted octanol–water partition coefficient (Wildman–Crippen LogP) is 2.36. The first-order chi connectivity index (χ1) is 6.81. The first-order valence-corrected chi connectivity index (χ1v) is 5.29. The summed E-state index contributed by atoms with van der Waals surface area (Å²) in [5.41, 5.74) is 0. The van der Waals surface area contributed by atoms with Gasteiger partial charge in [-0.1, -0.05) is 18.5 Å². The summed E-state index contributed by atoms with van der Waals surface area (Å²) in [7, 11) is 0. The highest BCUT2D eigenvalue weighted by molar-refractivity contribution is 4.48. The molecule has 0 heterocycles. The van der Waals surface area contributed by atoms with E-state index in [0.717, 1.165) is 19.4 Å². The van der Waals surface area contributed by atoms with Crippen molar-refractivity contribution in [2.75, 3.05) is 26.4 Å². The average molecular weight is 203 g/mol. The highest BCUT2D eigenvalue weighted by Gasteiger charge is 2.01. The smallest absolute Gasteiger partial charge is 0.0833 e. The Bertz CT molecular complexity index is 131. The lowest BCUT2D eigenvalue weighted by Crippen LogP contribution is -2.17. The summed E-state index contributed by atoms with van der Waals surface area (Å²) in [4.78, 5) is 9.75. The van der Waals surface area contributed by atoms with Crippen LogP contribution in [-0.2, 0) is 9.47 Å². The molecule has 0 aromatic heterocycles. The van der Waals surface area contributed by atoms with Crippen molar-refractivity contribution < 1.29 is 9.47 Å². The Morgan fingerprint density at radius 2 is 2.07 bits per heavy atom. The molecule has 0 rings (SSSR count). The average Bonchev–Trinajstić information content (AvgIpc) is 2.18. The summed E-state index contributed by atoms with van der Waals surface area (Å²) in [6, 6.07) is 0. The predicted molar refractivity (Wildman–Crippen MR) is 56.4 cm³/mol. The van der Waals surface area contributed by atoms with E-state index in [4.69, 9.17) is 9.47 Å². The van der Waals surface area contributed by atoms with Gasteiger partial charge in [0.1, 0.15) is 0 Å². The summed E-state index contributed by atoms with van der Waals surface area (Å²) in [6.07, 6.45) is 3.09. The van der Waals surface area contributed by atoms with Crippen LogP contribution in [0, 0.1) is 4.91 Å². The second-order valence-corrected chi connectivity index (χ2v) is 3.32. The summed E-state index contributed by atoms with van der Waals surface area (Å²) < 4.78 is 10.8. The Kier molecular flexibility index (Phi) is 10.2. The molecule has 0 N–H and O–H groups in total. The Morgan fingerprint density at radius 3 is 2.71 bits per heavy atom. The van der Waals surface area contributed by atoms with Gasteiger partial charge >= 0.3 is 0 Å². The van der Waals surface area contributed by atoms with Crippen LogP contribution < -0.4 is 0 Å². The van der Waals surface area contributed by atoms with Gasteiger partial charge in [0, 0.05) is 13.2 Å². The number of nitrogens with zero attached hydrogens (tertiary/aromatic N) is 1. The third-order valence-corrected chi connectivity index (χ3v) is 1.79. The fourth-order valence-corrected chi connectivity index (χ4v) is 0.957. The van der Waals surface area contributed by atoms with Gasteiger partial charge in [-0.15, -0.1) is 0 Å². The molecular weight excluding hydrogens is 182 g/mol. The monoisotopic (exact) mass is 203 g/mol. The van der Waals surface area contributed by atoms with E-state index in [0.29, 0.717) is 26.2 Å². The number of hydrogen-bond acceptors (Lipinski definition) is 4. The fourth-order valence-electron chi connectivity index (χ4n) is 0.957. The van der Waals surface area contributed by atoms with E-state index in [1.165, 1.54) is 0 Å². The van der Waals surface area contributed by atoms with Gasteiger partial charge in [0.25, 0.3) is 0 Å². The van der Waals surface area contributed by atoms with Crippen LogP contribution in [0.5, 0.6) is 0 Å². The molecule has 84 valence electrons. The Morgan fingerprint density at radius 1 is 1.29 bits per heavy atom. The molecule has 1 atom stereocenters. The molecule has 14 heavy (non-hydrogen) atoms. The molecule has 0 aliphatic carbocycles. The van der Waals surface area contributed by atoms with Crippen LogP contribution in [0.25, 0.3) is 0 Å². The number of unbranched alkanes of at least 4 members (excludes halogenated alkanes) is 1. The Labute approximate surface area is 85.9 Å². The van der Waals surface area contributed by atoms with E-state index in [2.05, 4.69) is 12.1 Å². The molecule has 4 nitrogen and oxygen atoms in total. The van der Waals surface area contributed by atoms with E-state index < -0.39 is 0 Å². The molecule has 0 saturated carbocycles. The molecule has 0 saturated heterocycles. The first kappa shape index (κ1) is 13.5. The van der Waals surface area contributed by atoms with Crippen LogP contribution in [0.3, 0.4) is 0 Å². The molecule has 0 aromatic carbocycles. The lowest BCUT2D eigenvalue weighted by Gasteiger charge is -2.12. The maximum Gasteiger partial charge on any atom is 0.0833 e. The third kappa shape index (κ3) is 9.61. The molecule has 4 heteroatoms. The van der Waals surface area contributed by atoms with Crippen molar-refractivity contribution in [2.24, 2.45) is 5.18 Å². The van der Waals surface area contributed by atoms with Gasteiger partial charge in [0.05, 0.1) is 19.3 Å². The highest BCUT2D eigenvalue weighted by Crippen LogP contribution is 1.96. The van der Waals surface area contributed by atoms with Crippen molar-refractivity contribution in [3.05, 3.63) is 4.91 Å². The molecule has 0 aliphatic heterocycles. The van der Waals surface area contributed by atoms with Crippen LogP contribution in [0.2, 0.25) is 0 Å². The fraction of sp³-hybridized carbons (Fsp3) is 1.00. The summed E-state index contributed by atoms with van der Waals surface area (Å²) in [5, 5.41) is 2.75. The Hall–Kier alpha value is -0.480. The summed E-state index contributed by atoms with van der Waals surface area (Å²) in [5.74, 6) is 0. The zero-order valence-electron chi connectivity index (χ0n) is 9.20. The van der Waals surface area contributed by atoms with Crippen LogP contribution in [-0.4, -0.2) is 32.5 Å². The van der Waals surface area contributed by atoms with E-state index in [1.807, 2.05) is 6.92 Å². The second kappa shape index (κ2) is 10.6. The number of hydrogen-bond donors (Lipinski definition) is 0. The van der Waals surface area contributed by atoms with Gasteiger partial charge in [-0.25, -0.2) is 0 Å². The van der Waals surface area contributed by atoms with E-state index in [1.54, 1.807) is 0 Å². The van der Waals surface area contributed by atoms with E-state index >= 15 is 0 Å². The van der Waals surface area contributed by atoms with Crippen LogP contribution in [0.15, 0.2) is 5.18 Å². The normalized spacial score (nSPS) is 12.7. The molecule has 0 fully saturated rings. The van der Waals surface area contributed by atoms with Gasteiger partial charge in [0.2, 0.25) is 0 Å². The molecule has 0 aliphatic rings. The van der Waals surface area contributed by atoms with Crippen molar-refractivity contribution >= 4 is 0 Å². The topological polar surface area (TPSA) is 47.9 Å². The van der Waals surface area contributed by atoms with Gasteiger partial charge in [-0.3, -0.25) is 0 Å². The minimum atomic E-state index is 0.144. The molecule has 1 unspecified atom stereocenters. The number of ether oxygens (including phenoxy) is 2. The number of nitroso groups, excluding NO2 is 1. The largest absolute Gasteiger partial charge is 0.379 e. The molecular formula is C10H21NO3. The maximum absolute atomic E-state index is 9.75. The SMILES string of the molecule is CCCCOC(C)COCCCN=O.